The van der Waals surface area contributed by atoms with E-state index in [1.165, 1.54) is 37.4 Å². The number of fused-ring (bicyclic) bond motifs is 3. The summed E-state index contributed by atoms with van der Waals surface area (Å²) in [6.45, 7) is 0.767. The summed E-state index contributed by atoms with van der Waals surface area (Å²) in [6.07, 6.45) is -0.526. The third-order valence-electron chi connectivity index (χ3n) is 6.34. The van der Waals surface area contributed by atoms with Crippen molar-refractivity contribution in [2.24, 2.45) is 0 Å². The highest BCUT2D eigenvalue weighted by atomic mass is 19.4. The van der Waals surface area contributed by atoms with Gasteiger partial charge in [0.1, 0.15) is 23.8 Å². The highest BCUT2D eigenvalue weighted by Crippen LogP contribution is 2.41. The van der Waals surface area contributed by atoms with Gasteiger partial charge in [-0.2, -0.15) is 13.2 Å². The summed E-state index contributed by atoms with van der Waals surface area (Å²) in [5.41, 5.74) is -0.666. The van der Waals surface area contributed by atoms with E-state index in [9.17, 15) is 18.0 Å². The van der Waals surface area contributed by atoms with Crippen LogP contribution in [0, 0.1) is 0 Å². The molecule has 2 aliphatic rings. The smallest absolute Gasteiger partial charge is 0.450 e. The van der Waals surface area contributed by atoms with E-state index in [1.807, 2.05) is 0 Å². The van der Waals surface area contributed by atoms with Crippen LogP contribution in [0.1, 0.15) is 37.0 Å². The lowest BCUT2D eigenvalue weighted by Gasteiger charge is -2.33. The average Bonchev–Trinajstić information content (AvgIpc) is 3.33. The van der Waals surface area contributed by atoms with Gasteiger partial charge in [0.25, 0.3) is 0 Å². The maximum absolute atomic E-state index is 14.0. The molecule has 0 saturated heterocycles. The lowest BCUT2D eigenvalue weighted by atomic mass is 9.99. The van der Waals surface area contributed by atoms with Gasteiger partial charge in [0.15, 0.2) is 0 Å². The van der Waals surface area contributed by atoms with Crippen LogP contribution in [0.2, 0.25) is 0 Å². The predicted octanol–water partition coefficient (Wildman–Crippen LogP) is 5.58. The van der Waals surface area contributed by atoms with E-state index >= 15 is 0 Å². The second-order valence-corrected chi connectivity index (χ2v) is 8.24. The third kappa shape index (κ3) is 3.52. The van der Waals surface area contributed by atoms with Gasteiger partial charge in [-0.25, -0.2) is 0 Å². The van der Waals surface area contributed by atoms with Gasteiger partial charge < -0.3 is 13.9 Å². The predicted molar refractivity (Wildman–Crippen MR) is 113 cm³/mol. The molecule has 1 aromatic heterocycles. The van der Waals surface area contributed by atoms with Crippen molar-refractivity contribution in [1.82, 2.24) is 4.90 Å². The first-order valence-corrected chi connectivity index (χ1v) is 10.6. The number of benzene rings is 2. The minimum Gasteiger partial charge on any atom is -0.497 e. The van der Waals surface area contributed by atoms with Gasteiger partial charge in [-0.3, -0.25) is 9.69 Å². The summed E-state index contributed by atoms with van der Waals surface area (Å²) in [4.78, 5) is 15.4. The van der Waals surface area contributed by atoms with Crippen LogP contribution in [0.15, 0.2) is 45.6 Å². The molecule has 1 aliphatic carbocycles. The molecule has 2 heterocycles. The molecule has 0 spiro atoms. The molecule has 0 atom stereocenters. The number of rotatable bonds is 3. The highest BCUT2D eigenvalue weighted by molar-refractivity contribution is 5.87. The summed E-state index contributed by atoms with van der Waals surface area (Å²) in [5, 5.41) is 0.111. The summed E-state index contributed by atoms with van der Waals surface area (Å²) < 4.78 is 58.5. The van der Waals surface area contributed by atoms with Gasteiger partial charge in [-0.1, -0.05) is 25.0 Å². The van der Waals surface area contributed by atoms with Gasteiger partial charge in [-0.15, -0.1) is 0 Å². The molecule has 0 unspecified atom stereocenters. The Kier molecular flexibility index (Phi) is 5.12. The Morgan fingerprint density at radius 2 is 1.78 bits per heavy atom. The first-order chi connectivity index (χ1) is 15.4. The number of alkyl halides is 3. The van der Waals surface area contributed by atoms with E-state index in [2.05, 4.69) is 4.90 Å². The first-order valence-electron chi connectivity index (χ1n) is 10.6. The molecular weight excluding hydrogens is 423 g/mol. The monoisotopic (exact) mass is 445 g/mol. The Labute approximate surface area is 182 Å². The van der Waals surface area contributed by atoms with Crippen molar-refractivity contribution < 1.29 is 27.1 Å². The molecule has 3 aromatic rings. The fourth-order valence-electron chi connectivity index (χ4n) is 4.71. The Hall–Kier alpha value is -3.00. The molecule has 5 nitrogen and oxygen atoms in total. The number of hydrogen-bond acceptors (Lipinski definition) is 5. The maximum atomic E-state index is 14.0. The number of hydrogen-bond donors (Lipinski definition) is 0. The number of halogens is 3. The molecule has 1 fully saturated rings. The summed E-state index contributed by atoms with van der Waals surface area (Å²) >= 11 is 0. The molecule has 168 valence electrons. The summed E-state index contributed by atoms with van der Waals surface area (Å²) in [6, 6.07) is 9.33. The molecule has 0 amide bonds. The number of ether oxygens (including phenoxy) is 2. The van der Waals surface area contributed by atoms with E-state index in [0.717, 1.165) is 25.7 Å². The Bertz CT molecular complexity index is 1210. The van der Waals surface area contributed by atoms with E-state index in [-0.39, 0.29) is 16.5 Å². The van der Waals surface area contributed by atoms with Crippen molar-refractivity contribution in [3.05, 3.63) is 57.9 Å². The molecular formula is C24H22F3NO4. The molecule has 5 rings (SSSR count). The maximum Gasteiger partial charge on any atom is 0.450 e. The lowest BCUT2D eigenvalue weighted by molar-refractivity contribution is -0.152. The largest absolute Gasteiger partial charge is 0.497 e. The van der Waals surface area contributed by atoms with Crippen molar-refractivity contribution in [3.8, 4) is 22.6 Å². The topological polar surface area (TPSA) is 51.9 Å². The third-order valence-corrected chi connectivity index (χ3v) is 6.34. The zero-order valence-electron chi connectivity index (χ0n) is 17.5. The molecule has 1 saturated carbocycles. The van der Waals surface area contributed by atoms with Gasteiger partial charge >= 0.3 is 6.18 Å². The van der Waals surface area contributed by atoms with Crippen LogP contribution in [0.5, 0.6) is 11.5 Å². The Balaban J connectivity index is 1.70. The summed E-state index contributed by atoms with van der Waals surface area (Å²) in [5.74, 6) is -0.363. The van der Waals surface area contributed by atoms with Gasteiger partial charge in [-0.05, 0) is 42.7 Å². The first kappa shape index (κ1) is 20.9. The highest BCUT2D eigenvalue weighted by Gasteiger charge is 2.40. The minimum atomic E-state index is -4.84. The van der Waals surface area contributed by atoms with Crippen molar-refractivity contribution in [1.29, 1.82) is 0 Å². The van der Waals surface area contributed by atoms with Crippen molar-refractivity contribution >= 4 is 11.0 Å². The van der Waals surface area contributed by atoms with Gasteiger partial charge in [0.2, 0.25) is 11.2 Å². The number of methoxy groups -OCH3 is 1. The normalized spacial score (nSPS) is 17.4. The zero-order valence-corrected chi connectivity index (χ0v) is 17.5. The minimum absolute atomic E-state index is 0.0558. The van der Waals surface area contributed by atoms with E-state index in [1.54, 1.807) is 6.07 Å². The summed E-state index contributed by atoms with van der Waals surface area (Å²) in [7, 11) is 1.46. The van der Waals surface area contributed by atoms with Crippen LogP contribution in [0.3, 0.4) is 0 Å². The zero-order chi connectivity index (χ0) is 22.5. The van der Waals surface area contributed by atoms with Crippen LogP contribution in [0.4, 0.5) is 13.2 Å². The quantitative estimate of drug-likeness (QED) is 0.527. The molecule has 0 N–H and O–H groups in total. The van der Waals surface area contributed by atoms with E-state index in [4.69, 9.17) is 13.9 Å². The molecule has 32 heavy (non-hydrogen) atoms. The average molecular weight is 445 g/mol. The van der Waals surface area contributed by atoms with E-state index in [0.29, 0.717) is 36.4 Å². The fraction of sp³-hybridized carbons (Fsp3) is 0.375. The molecule has 8 heteroatoms. The van der Waals surface area contributed by atoms with Crippen molar-refractivity contribution in [2.75, 3.05) is 13.8 Å². The van der Waals surface area contributed by atoms with E-state index < -0.39 is 22.9 Å². The second-order valence-electron chi connectivity index (χ2n) is 8.24. The SMILES string of the molecule is COc1ccc(-c2c(C(F)(F)F)oc3c4c(ccc3c2=O)OCN(C2CCCC2)C4)cc1. The lowest BCUT2D eigenvalue weighted by Crippen LogP contribution is -2.39. The molecule has 1 aliphatic heterocycles. The standard InChI is InChI=1S/C24H22F3NO4/c1-30-16-8-6-14(7-9-16)20-21(29)17-10-11-19-18(22(17)32-23(20)24(25,26)27)12-28(13-31-19)15-4-2-3-5-15/h6-11,15H,2-5,12-13H2,1H3. The van der Waals surface area contributed by atoms with Gasteiger partial charge in [0.05, 0.1) is 23.6 Å². The van der Waals surface area contributed by atoms with Crippen molar-refractivity contribution in [3.63, 3.8) is 0 Å². The molecule has 2 aromatic carbocycles. The van der Waals surface area contributed by atoms with Crippen LogP contribution in [0.25, 0.3) is 22.1 Å². The van der Waals surface area contributed by atoms with Crippen molar-refractivity contribution in [2.45, 2.75) is 44.4 Å². The Morgan fingerprint density at radius 1 is 1.06 bits per heavy atom. The number of nitrogens with zero attached hydrogens (tertiary/aromatic N) is 1. The second kappa shape index (κ2) is 7.85. The van der Waals surface area contributed by atoms with Gasteiger partial charge in [0, 0.05) is 12.6 Å². The van der Waals surface area contributed by atoms with Crippen LogP contribution < -0.4 is 14.9 Å². The fourth-order valence-corrected chi connectivity index (χ4v) is 4.71. The van der Waals surface area contributed by atoms with Crippen LogP contribution in [-0.4, -0.2) is 24.8 Å². The van der Waals surface area contributed by atoms with Crippen LogP contribution in [-0.2, 0) is 12.7 Å². The Morgan fingerprint density at radius 3 is 2.44 bits per heavy atom. The molecule has 0 bridgehead atoms. The molecule has 0 radical (unpaired) electrons. The van der Waals surface area contributed by atoms with Crippen LogP contribution >= 0.6 is 0 Å².